The number of nitrogens with zero attached hydrogens (tertiary/aromatic N) is 2. The van der Waals surface area contributed by atoms with Gasteiger partial charge in [0, 0.05) is 33.0 Å². The maximum Gasteiger partial charge on any atom is 0.242 e. The van der Waals surface area contributed by atoms with Crippen LogP contribution in [0.25, 0.3) is 0 Å². The van der Waals surface area contributed by atoms with Gasteiger partial charge in [-0.2, -0.15) is 0 Å². The summed E-state index contributed by atoms with van der Waals surface area (Å²) < 4.78 is 26.5. The van der Waals surface area contributed by atoms with Crippen LogP contribution >= 0.6 is 0 Å². The molecule has 39 heavy (non-hydrogen) atoms. The van der Waals surface area contributed by atoms with E-state index in [1.807, 2.05) is 80.6 Å². The normalized spacial score (nSPS) is 12.0. The summed E-state index contributed by atoms with van der Waals surface area (Å²) in [6, 6.07) is 24.2. The van der Waals surface area contributed by atoms with Crippen molar-refractivity contribution in [1.29, 1.82) is 0 Å². The number of carbonyl (C=O) groups excluding carboxylic acids is 2. The summed E-state index contributed by atoms with van der Waals surface area (Å²) in [4.78, 5) is 28.5. The Balaban J connectivity index is 1.84. The molecule has 0 heterocycles. The molecule has 0 aliphatic carbocycles. The van der Waals surface area contributed by atoms with Gasteiger partial charge in [-0.15, -0.1) is 0 Å². The highest BCUT2D eigenvalue weighted by Crippen LogP contribution is 2.21. The number of benzene rings is 3. The van der Waals surface area contributed by atoms with Gasteiger partial charge in [0.05, 0.1) is 11.9 Å². The van der Waals surface area contributed by atoms with Crippen LogP contribution in [0, 0.1) is 6.92 Å². The van der Waals surface area contributed by atoms with Crippen LogP contribution < -0.4 is 9.62 Å². The molecule has 7 nitrogen and oxygen atoms in total. The minimum Gasteiger partial charge on any atom is -0.357 e. The maximum atomic E-state index is 13.7. The predicted molar refractivity (Wildman–Crippen MR) is 157 cm³/mol. The Hall–Kier alpha value is -3.65. The van der Waals surface area contributed by atoms with Crippen molar-refractivity contribution in [2.75, 3.05) is 24.2 Å². The lowest BCUT2D eigenvalue weighted by Crippen LogP contribution is -2.50. The fourth-order valence-corrected chi connectivity index (χ4v) is 5.56. The summed E-state index contributed by atoms with van der Waals surface area (Å²) in [5.74, 6) is -0.438. The lowest BCUT2D eigenvalue weighted by molar-refractivity contribution is -0.141. The number of anilines is 1. The SMILES string of the molecule is CCc1ccc(N(CCCC(=O)N(Cc2ccccc2C)C(Cc2ccccc2)C(=O)NC)S(C)(=O)=O)cc1. The van der Waals surface area contributed by atoms with E-state index < -0.39 is 16.1 Å². The van der Waals surface area contributed by atoms with Gasteiger partial charge in [0.1, 0.15) is 6.04 Å². The van der Waals surface area contributed by atoms with E-state index in [4.69, 9.17) is 0 Å². The lowest BCUT2D eigenvalue weighted by atomic mass is 10.0. The zero-order valence-corrected chi connectivity index (χ0v) is 24.1. The average molecular weight is 550 g/mol. The highest BCUT2D eigenvalue weighted by Gasteiger charge is 2.30. The predicted octanol–water partition coefficient (Wildman–Crippen LogP) is 4.49. The first kappa shape index (κ1) is 29.9. The Morgan fingerprint density at radius 2 is 1.54 bits per heavy atom. The van der Waals surface area contributed by atoms with Gasteiger partial charge < -0.3 is 10.2 Å². The van der Waals surface area contributed by atoms with Gasteiger partial charge in [-0.05, 0) is 54.2 Å². The molecule has 1 N–H and O–H groups in total. The van der Waals surface area contributed by atoms with Crippen molar-refractivity contribution in [2.45, 2.75) is 52.1 Å². The van der Waals surface area contributed by atoms with Gasteiger partial charge >= 0.3 is 0 Å². The second-order valence-corrected chi connectivity index (χ2v) is 11.6. The van der Waals surface area contributed by atoms with Crippen molar-refractivity contribution in [3.63, 3.8) is 0 Å². The van der Waals surface area contributed by atoms with Crippen molar-refractivity contribution in [3.05, 3.63) is 101 Å². The molecule has 0 radical (unpaired) electrons. The van der Waals surface area contributed by atoms with Crippen LogP contribution in [0.4, 0.5) is 5.69 Å². The molecule has 208 valence electrons. The van der Waals surface area contributed by atoms with E-state index in [2.05, 4.69) is 5.32 Å². The first-order valence-corrected chi connectivity index (χ1v) is 15.1. The Morgan fingerprint density at radius 1 is 0.897 bits per heavy atom. The minimum atomic E-state index is -3.54. The minimum absolute atomic E-state index is 0.104. The van der Waals surface area contributed by atoms with E-state index in [9.17, 15) is 18.0 Å². The quantitative estimate of drug-likeness (QED) is 0.340. The molecule has 3 aromatic rings. The van der Waals surface area contributed by atoms with E-state index in [1.54, 1.807) is 24.1 Å². The zero-order chi connectivity index (χ0) is 28.4. The molecule has 3 aromatic carbocycles. The number of hydrogen-bond donors (Lipinski definition) is 1. The van der Waals surface area contributed by atoms with Crippen LogP contribution in [0.3, 0.4) is 0 Å². The Kier molecular flexibility index (Phi) is 10.7. The molecular weight excluding hydrogens is 510 g/mol. The second-order valence-electron chi connectivity index (χ2n) is 9.73. The van der Waals surface area contributed by atoms with Crippen LogP contribution in [0.5, 0.6) is 0 Å². The Labute approximate surface area is 232 Å². The molecule has 1 unspecified atom stereocenters. The lowest BCUT2D eigenvalue weighted by Gasteiger charge is -2.32. The fraction of sp³-hybridized carbons (Fsp3) is 0.355. The third kappa shape index (κ3) is 8.42. The molecule has 0 saturated carbocycles. The largest absolute Gasteiger partial charge is 0.357 e. The van der Waals surface area contributed by atoms with Crippen LogP contribution in [0.1, 0.15) is 42.0 Å². The van der Waals surface area contributed by atoms with Crippen molar-refractivity contribution in [2.24, 2.45) is 0 Å². The van der Waals surface area contributed by atoms with E-state index >= 15 is 0 Å². The van der Waals surface area contributed by atoms with Crippen molar-refractivity contribution < 1.29 is 18.0 Å². The molecule has 0 aliphatic heterocycles. The standard InChI is InChI=1S/C31H39N3O4S/c1-5-25-17-19-28(20-18-25)34(39(4,37)38)21-11-16-30(35)33(23-27-15-10-9-12-24(27)2)29(31(36)32-3)22-26-13-7-6-8-14-26/h6-10,12-15,17-20,29H,5,11,16,21-23H2,1-4H3,(H,32,36). The smallest absolute Gasteiger partial charge is 0.242 e. The topological polar surface area (TPSA) is 86.8 Å². The molecule has 0 spiro atoms. The summed E-state index contributed by atoms with van der Waals surface area (Å²) >= 11 is 0. The highest BCUT2D eigenvalue weighted by molar-refractivity contribution is 7.92. The summed E-state index contributed by atoms with van der Waals surface area (Å²) in [6.45, 7) is 4.47. The van der Waals surface area contributed by atoms with Gasteiger partial charge in [-0.3, -0.25) is 13.9 Å². The molecule has 0 saturated heterocycles. The number of amides is 2. The third-order valence-electron chi connectivity index (χ3n) is 6.90. The fourth-order valence-electron chi connectivity index (χ4n) is 4.59. The molecule has 0 aromatic heterocycles. The number of likely N-dealkylation sites (N-methyl/N-ethyl adjacent to an activating group) is 1. The van der Waals surface area contributed by atoms with E-state index in [1.165, 1.54) is 10.6 Å². The van der Waals surface area contributed by atoms with Crippen LogP contribution in [0.2, 0.25) is 0 Å². The van der Waals surface area contributed by atoms with E-state index in [0.717, 1.165) is 28.7 Å². The first-order valence-electron chi connectivity index (χ1n) is 13.3. The first-order chi connectivity index (χ1) is 18.6. The summed E-state index contributed by atoms with van der Waals surface area (Å²) in [5.41, 5.74) is 4.64. The summed E-state index contributed by atoms with van der Waals surface area (Å²) in [6.07, 6.45) is 2.83. The highest BCUT2D eigenvalue weighted by atomic mass is 32.2. The number of nitrogens with one attached hydrogen (secondary N) is 1. The second kappa shape index (κ2) is 13.9. The molecule has 1 atom stereocenters. The average Bonchev–Trinajstić information content (AvgIpc) is 2.93. The summed E-state index contributed by atoms with van der Waals surface area (Å²) in [5, 5.41) is 2.73. The number of sulfonamides is 1. The Morgan fingerprint density at radius 3 is 2.13 bits per heavy atom. The van der Waals surface area contributed by atoms with Crippen LogP contribution in [-0.2, 0) is 39.0 Å². The zero-order valence-electron chi connectivity index (χ0n) is 23.3. The van der Waals surface area contributed by atoms with Gasteiger partial charge in [-0.1, -0.05) is 73.7 Å². The number of carbonyl (C=O) groups is 2. The van der Waals surface area contributed by atoms with Crippen molar-refractivity contribution >= 4 is 27.5 Å². The molecule has 0 aliphatic rings. The molecule has 8 heteroatoms. The van der Waals surface area contributed by atoms with Gasteiger partial charge in [0.25, 0.3) is 0 Å². The molecule has 2 amide bonds. The van der Waals surface area contributed by atoms with Crippen LogP contribution in [0.15, 0.2) is 78.9 Å². The monoisotopic (exact) mass is 549 g/mol. The maximum absolute atomic E-state index is 13.7. The van der Waals surface area contributed by atoms with Crippen LogP contribution in [-0.4, -0.2) is 51.0 Å². The van der Waals surface area contributed by atoms with E-state index in [-0.39, 0.29) is 31.3 Å². The number of aryl methyl sites for hydroxylation is 2. The van der Waals surface area contributed by atoms with Crippen molar-refractivity contribution in [1.82, 2.24) is 10.2 Å². The van der Waals surface area contributed by atoms with Gasteiger partial charge in [0.15, 0.2) is 0 Å². The molecular formula is C31H39N3O4S. The number of rotatable bonds is 13. The molecule has 0 fully saturated rings. The van der Waals surface area contributed by atoms with Gasteiger partial charge in [-0.25, -0.2) is 8.42 Å². The third-order valence-corrected chi connectivity index (χ3v) is 8.10. The molecule has 3 rings (SSSR count). The molecule has 0 bridgehead atoms. The van der Waals surface area contributed by atoms with Crippen molar-refractivity contribution in [3.8, 4) is 0 Å². The Bertz CT molecular complexity index is 1340. The summed E-state index contributed by atoms with van der Waals surface area (Å²) in [7, 11) is -1.97. The van der Waals surface area contributed by atoms with Gasteiger partial charge in [0.2, 0.25) is 21.8 Å². The number of hydrogen-bond acceptors (Lipinski definition) is 4. The van der Waals surface area contributed by atoms with E-state index in [0.29, 0.717) is 18.5 Å².